The average Bonchev–Trinajstić information content (AvgIpc) is 2.38. The molecule has 0 bridgehead atoms. The van der Waals surface area contributed by atoms with Gasteiger partial charge in [-0.3, -0.25) is 0 Å². The first kappa shape index (κ1) is 18.2. The predicted molar refractivity (Wildman–Crippen MR) is 85.9 cm³/mol. The van der Waals surface area contributed by atoms with E-state index in [-0.39, 0.29) is 18.4 Å². The Hall–Kier alpha value is -0.820. The van der Waals surface area contributed by atoms with E-state index in [0.29, 0.717) is 24.5 Å². The third kappa shape index (κ3) is 3.51. The van der Waals surface area contributed by atoms with Gasteiger partial charge < -0.3 is 10.1 Å². The lowest BCUT2D eigenvalue weighted by molar-refractivity contribution is 0.284. The first-order valence-electron chi connectivity index (χ1n) is 6.75. The van der Waals surface area contributed by atoms with Crippen molar-refractivity contribution in [3.63, 3.8) is 0 Å². The number of hydrogen-bond acceptors (Lipinski definition) is 4. The van der Waals surface area contributed by atoms with Crippen LogP contribution in [0.2, 0.25) is 0 Å². The van der Waals surface area contributed by atoms with Crippen molar-refractivity contribution in [3.05, 3.63) is 23.3 Å². The highest BCUT2D eigenvalue weighted by molar-refractivity contribution is 7.89. The van der Waals surface area contributed by atoms with E-state index in [1.807, 2.05) is 20.8 Å². The van der Waals surface area contributed by atoms with Crippen molar-refractivity contribution in [2.24, 2.45) is 0 Å². The van der Waals surface area contributed by atoms with Gasteiger partial charge in [0, 0.05) is 25.7 Å². The number of hydrogen-bond donors (Lipinski definition) is 1. The van der Waals surface area contributed by atoms with Gasteiger partial charge in [0.2, 0.25) is 10.0 Å². The van der Waals surface area contributed by atoms with Gasteiger partial charge in [-0.05, 0) is 44.0 Å². The number of ether oxygens (including phenoxy) is 1. The Morgan fingerprint density at radius 3 is 2.33 bits per heavy atom. The summed E-state index contributed by atoms with van der Waals surface area (Å²) in [5.74, 6) is 0.748. The summed E-state index contributed by atoms with van der Waals surface area (Å²) in [6.07, 6.45) is 0. The van der Waals surface area contributed by atoms with Gasteiger partial charge in [0.05, 0.1) is 12.0 Å². The van der Waals surface area contributed by atoms with Crippen LogP contribution in [0.15, 0.2) is 17.0 Å². The first-order chi connectivity index (χ1) is 9.37. The highest BCUT2D eigenvalue weighted by Crippen LogP contribution is 2.28. The standard InChI is InChI=1S/C14H22N2O3S.ClH/c1-10-7-13(8-11(2)14(10)19-4)20(17,18)16-6-5-15-9-12(16)3;/h7-8,12,15H,5-6,9H2,1-4H3;1H. The molecule has 1 fully saturated rings. The highest BCUT2D eigenvalue weighted by atomic mass is 35.5. The zero-order valence-electron chi connectivity index (χ0n) is 12.8. The minimum Gasteiger partial charge on any atom is -0.496 e. The minimum atomic E-state index is -3.44. The molecule has 1 atom stereocenters. The maximum atomic E-state index is 12.8. The lowest BCUT2D eigenvalue weighted by atomic mass is 10.1. The van der Waals surface area contributed by atoms with Crippen molar-refractivity contribution in [1.82, 2.24) is 9.62 Å². The van der Waals surface area contributed by atoms with E-state index in [4.69, 9.17) is 4.74 Å². The van der Waals surface area contributed by atoms with Crippen LogP contribution >= 0.6 is 12.4 Å². The Balaban J connectivity index is 0.00000220. The van der Waals surface area contributed by atoms with Crippen LogP contribution < -0.4 is 10.1 Å². The van der Waals surface area contributed by atoms with Gasteiger partial charge in [-0.2, -0.15) is 4.31 Å². The average molecular weight is 335 g/mol. The summed E-state index contributed by atoms with van der Waals surface area (Å²) in [5, 5.41) is 3.20. The van der Waals surface area contributed by atoms with E-state index >= 15 is 0 Å². The van der Waals surface area contributed by atoms with Crippen LogP contribution in [0, 0.1) is 13.8 Å². The molecule has 1 unspecified atom stereocenters. The predicted octanol–water partition coefficient (Wildman–Crippen LogP) is 1.72. The maximum Gasteiger partial charge on any atom is 0.243 e. The lowest BCUT2D eigenvalue weighted by Gasteiger charge is -2.33. The van der Waals surface area contributed by atoms with Crippen molar-refractivity contribution in [2.45, 2.75) is 31.7 Å². The number of sulfonamides is 1. The molecule has 5 nitrogen and oxygen atoms in total. The molecule has 0 saturated carbocycles. The van der Waals surface area contributed by atoms with Crippen molar-refractivity contribution in [1.29, 1.82) is 0 Å². The molecule has 0 aliphatic carbocycles. The molecule has 0 aromatic heterocycles. The van der Waals surface area contributed by atoms with Gasteiger partial charge in [-0.15, -0.1) is 12.4 Å². The fourth-order valence-corrected chi connectivity index (χ4v) is 4.50. The van der Waals surface area contributed by atoms with E-state index in [1.54, 1.807) is 23.5 Å². The van der Waals surface area contributed by atoms with Crippen LogP contribution in [0.25, 0.3) is 0 Å². The molecular formula is C14H23ClN2O3S. The molecule has 2 rings (SSSR count). The second-order valence-electron chi connectivity index (χ2n) is 5.26. The van der Waals surface area contributed by atoms with Crippen LogP contribution in [-0.4, -0.2) is 45.5 Å². The third-order valence-corrected chi connectivity index (χ3v) is 5.68. The van der Waals surface area contributed by atoms with Crippen LogP contribution in [0.4, 0.5) is 0 Å². The van der Waals surface area contributed by atoms with E-state index in [9.17, 15) is 8.42 Å². The van der Waals surface area contributed by atoms with E-state index < -0.39 is 10.0 Å². The quantitative estimate of drug-likeness (QED) is 0.914. The second-order valence-corrected chi connectivity index (χ2v) is 7.15. The van der Waals surface area contributed by atoms with E-state index in [2.05, 4.69) is 5.32 Å². The summed E-state index contributed by atoms with van der Waals surface area (Å²) >= 11 is 0. The normalized spacial score (nSPS) is 19.9. The molecule has 0 spiro atoms. The molecule has 1 saturated heterocycles. The molecule has 1 N–H and O–H groups in total. The third-order valence-electron chi connectivity index (χ3n) is 3.68. The Morgan fingerprint density at radius 1 is 1.29 bits per heavy atom. The van der Waals surface area contributed by atoms with Gasteiger partial charge in [0.1, 0.15) is 5.75 Å². The topological polar surface area (TPSA) is 58.6 Å². The molecule has 7 heteroatoms. The van der Waals surface area contributed by atoms with E-state index in [0.717, 1.165) is 16.9 Å². The summed E-state index contributed by atoms with van der Waals surface area (Å²) in [6.45, 7) is 7.55. The zero-order chi connectivity index (χ0) is 14.9. The van der Waals surface area contributed by atoms with E-state index in [1.165, 1.54) is 0 Å². The molecule has 120 valence electrons. The Labute approximate surface area is 133 Å². The van der Waals surface area contributed by atoms with Gasteiger partial charge in [0.15, 0.2) is 0 Å². The first-order valence-corrected chi connectivity index (χ1v) is 8.19. The van der Waals surface area contributed by atoms with Crippen LogP contribution in [0.1, 0.15) is 18.1 Å². The minimum absolute atomic E-state index is 0. The Bertz CT molecular complexity index is 581. The van der Waals surface area contributed by atoms with Crippen molar-refractivity contribution < 1.29 is 13.2 Å². The van der Waals surface area contributed by atoms with Gasteiger partial charge in [-0.25, -0.2) is 8.42 Å². The molecule has 0 amide bonds. The van der Waals surface area contributed by atoms with Crippen molar-refractivity contribution in [3.8, 4) is 5.75 Å². The smallest absolute Gasteiger partial charge is 0.243 e. The SMILES string of the molecule is COc1c(C)cc(S(=O)(=O)N2CCNCC2C)cc1C.Cl. The molecule has 1 heterocycles. The maximum absolute atomic E-state index is 12.8. The fraction of sp³-hybridized carbons (Fsp3) is 0.571. The lowest BCUT2D eigenvalue weighted by Crippen LogP contribution is -2.52. The summed E-state index contributed by atoms with van der Waals surface area (Å²) in [5.41, 5.74) is 1.68. The Kier molecular flexibility index (Phi) is 6.04. The number of benzene rings is 1. The number of nitrogens with one attached hydrogen (secondary N) is 1. The Morgan fingerprint density at radius 2 is 1.86 bits per heavy atom. The fourth-order valence-electron chi connectivity index (χ4n) is 2.70. The number of nitrogens with zero attached hydrogens (tertiary/aromatic N) is 1. The number of rotatable bonds is 3. The largest absolute Gasteiger partial charge is 0.496 e. The molecule has 1 aromatic carbocycles. The van der Waals surface area contributed by atoms with Crippen LogP contribution in [0.5, 0.6) is 5.75 Å². The van der Waals surface area contributed by atoms with Gasteiger partial charge >= 0.3 is 0 Å². The van der Waals surface area contributed by atoms with Gasteiger partial charge in [0.25, 0.3) is 0 Å². The summed E-state index contributed by atoms with van der Waals surface area (Å²) in [7, 11) is -1.84. The van der Waals surface area contributed by atoms with Gasteiger partial charge in [-0.1, -0.05) is 0 Å². The molecule has 21 heavy (non-hydrogen) atoms. The summed E-state index contributed by atoms with van der Waals surface area (Å²) in [6, 6.07) is 3.35. The van der Waals surface area contributed by atoms with Crippen molar-refractivity contribution in [2.75, 3.05) is 26.7 Å². The molecular weight excluding hydrogens is 312 g/mol. The van der Waals surface area contributed by atoms with Crippen molar-refractivity contribution >= 4 is 22.4 Å². The summed E-state index contributed by atoms with van der Waals surface area (Å²) < 4.78 is 32.4. The number of methoxy groups -OCH3 is 1. The van der Waals surface area contributed by atoms with Crippen LogP contribution in [0.3, 0.4) is 0 Å². The zero-order valence-corrected chi connectivity index (χ0v) is 14.5. The molecule has 0 radical (unpaired) electrons. The molecule has 1 aliphatic rings. The molecule has 1 aliphatic heterocycles. The second kappa shape index (κ2) is 6.96. The number of piperazine rings is 1. The monoisotopic (exact) mass is 334 g/mol. The number of halogens is 1. The molecule has 1 aromatic rings. The highest BCUT2D eigenvalue weighted by Gasteiger charge is 2.31. The number of aryl methyl sites for hydroxylation is 2. The van der Waals surface area contributed by atoms with Crippen LogP contribution in [-0.2, 0) is 10.0 Å². The summed E-state index contributed by atoms with van der Waals surface area (Å²) in [4.78, 5) is 0.349.